The van der Waals surface area contributed by atoms with E-state index in [-0.39, 0.29) is 22.9 Å². The van der Waals surface area contributed by atoms with Crippen LogP contribution >= 0.6 is 11.3 Å². The van der Waals surface area contributed by atoms with Crippen LogP contribution in [0, 0.1) is 11.6 Å². The molecule has 32 heavy (non-hydrogen) atoms. The van der Waals surface area contributed by atoms with Crippen molar-refractivity contribution < 1.29 is 13.6 Å². The number of amides is 1. The molecular formula is C22H17F2N5O2S. The first kappa shape index (κ1) is 20.3. The number of hydrogen-bond acceptors (Lipinski definition) is 5. The first-order chi connectivity index (χ1) is 15.5. The summed E-state index contributed by atoms with van der Waals surface area (Å²) in [4.78, 5) is 33.5. The van der Waals surface area contributed by atoms with Crippen molar-refractivity contribution in [2.24, 2.45) is 0 Å². The largest absolute Gasteiger partial charge is 0.306 e. The van der Waals surface area contributed by atoms with Gasteiger partial charge in [0.2, 0.25) is 5.95 Å². The van der Waals surface area contributed by atoms with Crippen molar-refractivity contribution in [1.82, 2.24) is 19.7 Å². The number of rotatable bonds is 4. The highest BCUT2D eigenvalue weighted by molar-refractivity contribution is 7.13. The predicted octanol–water partition coefficient (Wildman–Crippen LogP) is 4.09. The van der Waals surface area contributed by atoms with Gasteiger partial charge < -0.3 is 5.32 Å². The van der Waals surface area contributed by atoms with Gasteiger partial charge in [0, 0.05) is 17.2 Å². The number of fused-ring (bicyclic) bond motifs is 1. The zero-order valence-corrected chi connectivity index (χ0v) is 17.5. The minimum Gasteiger partial charge on any atom is -0.306 e. The van der Waals surface area contributed by atoms with Gasteiger partial charge in [0.15, 0.2) is 11.6 Å². The summed E-state index contributed by atoms with van der Waals surface area (Å²) >= 11 is 1.47. The maximum atomic E-state index is 13.6. The Morgan fingerprint density at radius 3 is 2.75 bits per heavy atom. The normalized spacial score (nSPS) is 13.1. The van der Waals surface area contributed by atoms with Gasteiger partial charge in [-0.1, -0.05) is 6.07 Å². The predicted molar refractivity (Wildman–Crippen MR) is 116 cm³/mol. The van der Waals surface area contributed by atoms with Crippen molar-refractivity contribution in [2.45, 2.75) is 25.7 Å². The summed E-state index contributed by atoms with van der Waals surface area (Å²) in [5.74, 6) is -2.39. The lowest BCUT2D eigenvalue weighted by Gasteiger charge is -2.15. The number of nitrogens with zero attached hydrogens (tertiary/aromatic N) is 3. The van der Waals surface area contributed by atoms with Crippen LogP contribution in [0.1, 0.15) is 34.5 Å². The zero-order valence-electron chi connectivity index (χ0n) is 16.7. The van der Waals surface area contributed by atoms with Crippen LogP contribution in [0.2, 0.25) is 0 Å². The number of carbonyl (C=O) groups excluding carboxylic acids is 1. The van der Waals surface area contributed by atoms with E-state index in [9.17, 15) is 18.4 Å². The summed E-state index contributed by atoms with van der Waals surface area (Å²) in [6, 6.07) is 8.29. The number of aryl methyl sites for hydroxylation is 1. The smallest absolute Gasteiger partial charge is 0.256 e. The monoisotopic (exact) mass is 453 g/mol. The number of aromatic amines is 1. The number of benzene rings is 1. The van der Waals surface area contributed by atoms with Crippen LogP contribution < -0.4 is 10.9 Å². The Kier molecular flexibility index (Phi) is 5.14. The average Bonchev–Trinajstić information content (AvgIpc) is 3.46. The quantitative estimate of drug-likeness (QED) is 0.487. The number of H-pyrrole nitrogens is 1. The molecule has 3 heterocycles. The van der Waals surface area contributed by atoms with Crippen LogP contribution in [0.5, 0.6) is 0 Å². The van der Waals surface area contributed by atoms with Crippen LogP contribution in [0.15, 0.2) is 46.6 Å². The molecule has 0 atom stereocenters. The van der Waals surface area contributed by atoms with Crippen molar-refractivity contribution >= 4 is 23.1 Å². The molecule has 0 saturated heterocycles. The maximum absolute atomic E-state index is 13.6. The molecule has 0 bridgehead atoms. The van der Waals surface area contributed by atoms with Crippen LogP contribution in [0.25, 0.3) is 16.5 Å². The molecule has 3 aromatic heterocycles. The second-order valence-corrected chi connectivity index (χ2v) is 8.36. The van der Waals surface area contributed by atoms with Crippen LogP contribution in [-0.2, 0) is 12.8 Å². The molecule has 1 aromatic carbocycles. The highest BCUT2D eigenvalue weighted by Crippen LogP contribution is 2.28. The second-order valence-electron chi connectivity index (χ2n) is 7.41. The number of hydrogen-bond donors (Lipinski definition) is 2. The first-order valence-electron chi connectivity index (χ1n) is 10.0. The SMILES string of the molecule is O=C(Nc1cc(-c2cccs2)nn1-c1nc2c(c(=O)[nH]1)CCCC2)c1ccc(F)c(F)c1. The summed E-state index contributed by atoms with van der Waals surface area (Å²) in [5, 5.41) is 9.10. The molecular weight excluding hydrogens is 436 g/mol. The number of nitrogens with one attached hydrogen (secondary N) is 2. The van der Waals surface area contributed by atoms with E-state index < -0.39 is 17.5 Å². The number of aromatic nitrogens is 4. The fourth-order valence-corrected chi connectivity index (χ4v) is 4.37. The summed E-state index contributed by atoms with van der Waals surface area (Å²) in [6.45, 7) is 0. The molecule has 162 valence electrons. The zero-order chi connectivity index (χ0) is 22.2. The molecule has 0 aliphatic heterocycles. The van der Waals surface area contributed by atoms with Gasteiger partial charge in [-0.2, -0.15) is 9.78 Å². The molecule has 0 radical (unpaired) electrons. The molecule has 0 fully saturated rings. The molecule has 7 nitrogen and oxygen atoms in total. The Balaban J connectivity index is 1.58. The number of anilines is 1. The van der Waals surface area contributed by atoms with Gasteiger partial charge in [0.05, 0.1) is 10.6 Å². The Morgan fingerprint density at radius 1 is 1.12 bits per heavy atom. The fraction of sp³-hybridized carbons (Fsp3) is 0.182. The van der Waals surface area contributed by atoms with Crippen molar-refractivity contribution in [3.63, 3.8) is 0 Å². The van der Waals surface area contributed by atoms with Crippen molar-refractivity contribution in [3.8, 4) is 16.5 Å². The van der Waals surface area contributed by atoms with E-state index in [1.165, 1.54) is 22.1 Å². The summed E-state index contributed by atoms with van der Waals surface area (Å²) in [6.07, 6.45) is 3.26. The number of carbonyl (C=O) groups is 1. The van der Waals surface area contributed by atoms with Gasteiger partial charge in [0.25, 0.3) is 11.5 Å². The summed E-state index contributed by atoms with van der Waals surface area (Å²) < 4.78 is 28.2. The van der Waals surface area contributed by atoms with E-state index in [0.29, 0.717) is 24.1 Å². The lowest BCUT2D eigenvalue weighted by molar-refractivity contribution is 0.102. The van der Waals surface area contributed by atoms with Crippen LogP contribution in [0.3, 0.4) is 0 Å². The Labute approximate surface area is 184 Å². The number of halogens is 2. The average molecular weight is 453 g/mol. The lowest BCUT2D eigenvalue weighted by atomic mass is 9.97. The molecule has 4 aromatic rings. The highest BCUT2D eigenvalue weighted by Gasteiger charge is 2.21. The van der Waals surface area contributed by atoms with Gasteiger partial charge >= 0.3 is 0 Å². The third-order valence-electron chi connectivity index (χ3n) is 5.29. The standard InChI is InChI=1S/C22H17F2N5O2S/c23-14-8-7-12(10-15(14)24)20(30)26-19-11-17(18-6-3-9-32-18)28-29(19)22-25-16-5-2-1-4-13(16)21(31)27-22/h3,6-11H,1-2,4-5H2,(H,26,30)(H,25,27,31). The fourth-order valence-electron chi connectivity index (χ4n) is 3.69. The highest BCUT2D eigenvalue weighted by atomic mass is 32.1. The molecule has 0 unspecified atom stereocenters. The molecule has 1 amide bonds. The van der Waals surface area contributed by atoms with E-state index in [1.807, 2.05) is 17.5 Å². The second kappa shape index (κ2) is 8.12. The van der Waals surface area contributed by atoms with E-state index >= 15 is 0 Å². The summed E-state index contributed by atoms with van der Waals surface area (Å²) in [5.41, 5.74) is 1.69. The lowest BCUT2D eigenvalue weighted by Crippen LogP contribution is -2.24. The van der Waals surface area contributed by atoms with Gasteiger partial charge in [-0.25, -0.2) is 13.8 Å². The first-order valence-corrected chi connectivity index (χ1v) is 10.9. The third kappa shape index (κ3) is 3.73. The third-order valence-corrected chi connectivity index (χ3v) is 6.18. The van der Waals surface area contributed by atoms with Gasteiger partial charge in [-0.05, 0) is 55.3 Å². The topological polar surface area (TPSA) is 92.7 Å². The van der Waals surface area contributed by atoms with Crippen molar-refractivity contribution in [3.05, 3.63) is 80.6 Å². The van der Waals surface area contributed by atoms with Crippen molar-refractivity contribution in [1.29, 1.82) is 0 Å². The molecule has 10 heteroatoms. The van der Waals surface area contributed by atoms with Gasteiger partial charge in [-0.3, -0.25) is 14.6 Å². The van der Waals surface area contributed by atoms with E-state index in [0.717, 1.165) is 35.5 Å². The Bertz CT molecular complexity index is 1380. The Morgan fingerprint density at radius 2 is 1.97 bits per heavy atom. The van der Waals surface area contributed by atoms with Crippen LogP contribution in [-0.4, -0.2) is 25.7 Å². The summed E-state index contributed by atoms with van der Waals surface area (Å²) in [7, 11) is 0. The van der Waals surface area contributed by atoms with E-state index in [1.54, 1.807) is 6.07 Å². The minimum atomic E-state index is -1.12. The van der Waals surface area contributed by atoms with Gasteiger partial charge in [-0.15, -0.1) is 11.3 Å². The molecule has 1 aliphatic rings. The molecule has 1 aliphatic carbocycles. The van der Waals surface area contributed by atoms with Crippen LogP contribution in [0.4, 0.5) is 14.6 Å². The maximum Gasteiger partial charge on any atom is 0.256 e. The molecule has 5 rings (SSSR count). The van der Waals surface area contributed by atoms with Gasteiger partial charge in [0.1, 0.15) is 11.5 Å². The minimum absolute atomic E-state index is 0.0544. The van der Waals surface area contributed by atoms with E-state index in [2.05, 4.69) is 20.4 Å². The molecule has 2 N–H and O–H groups in total. The van der Waals surface area contributed by atoms with Crippen molar-refractivity contribution in [2.75, 3.05) is 5.32 Å². The Hall–Kier alpha value is -3.66. The molecule has 0 spiro atoms. The number of thiophene rings is 1. The van der Waals surface area contributed by atoms with E-state index in [4.69, 9.17) is 0 Å². The molecule has 0 saturated carbocycles.